The number of nitrogens with zero attached hydrogens (tertiary/aromatic N) is 1. The van der Waals surface area contributed by atoms with Gasteiger partial charge in [-0.05, 0) is 56.9 Å². The molecule has 0 amide bonds. The van der Waals surface area contributed by atoms with E-state index >= 15 is 0 Å². The highest BCUT2D eigenvalue weighted by atomic mass is 35.5. The summed E-state index contributed by atoms with van der Waals surface area (Å²) in [5.41, 5.74) is 0.752. The first-order chi connectivity index (χ1) is 8.99. The lowest BCUT2D eigenvalue weighted by Gasteiger charge is -2.40. The number of Topliss-reactive ketones (excluding diaryl/α,β-unsaturated/α-hetero) is 1. The fraction of sp³-hybridized carbons (Fsp3) is 0.562. The molecule has 1 heterocycles. The monoisotopic (exact) mass is 279 g/mol. The molecule has 0 bridgehead atoms. The maximum absolute atomic E-state index is 12.5. The Morgan fingerprint density at radius 1 is 1.26 bits per heavy atom. The van der Waals surface area contributed by atoms with Gasteiger partial charge in [-0.25, -0.2) is 0 Å². The maximum atomic E-state index is 12.5. The van der Waals surface area contributed by atoms with Crippen molar-refractivity contribution >= 4 is 17.4 Å². The number of piperidine rings is 1. The molecular weight excluding hydrogens is 258 g/mol. The SMILES string of the molecule is CC1CCC(C)N(C(C)C(=O)c2ccc(Cl)cc2)C1. The highest BCUT2D eigenvalue weighted by molar-refractivity contribution is 6.30. The predicted octanol–water partition coefficient (Wildman–Crippen LogP) is 4.03. The van der Waals surface area contributed by atoms with Gasteiger partial charge in [0.1, 0.15) is 0 Å². The second-order valence-electron chi connectivity index (χ2n) is 5.78. The summed E-state index contributed by atoms with van der Waals surface area (Å²) in [6.07, 6.45) is 2.44. The second kappa shape index (κ2) is 6.06. The molecule has 0 aromatic heterocycles. The van der Waals surface area contributed by atoms with Gasteiger partial charge in [0.05, 0.1) is 6.04 Å². The zero-order valence-corrected chi connectivity index (χ0v) is 12.7. The van der Waals surface area contributed by atoms with Crippen LogP contribution in [0.4, 0.5) is 0 Å². The Hall–Kier alpha value is -0.860. The van der Waals surface area contributed by atoms with Gasteiger partial charge in [-0.2, -0.15) is 0 Å². The second-order valence-corrected chi connectivity index (χ2v) is 6.21. The number of hydrogen-bond acceptors (Lipinski definition) is 2. The Morgan fingerprint density at radius 3 is 2.53 bits per heavy atom. The Balaban J connectivity index is 2.11. The van der Waals surface area contributed by atoms with E-state index in [1.807, 2.05) is 19.1 Å². The van der Waals surface area contributed by atoms with Crippen LogP contribution in [0, 0.1) is 5.92 Å². The van der Waals surface area contributed by atoms with Crippen molar-refractivity contribution in [3.8, 4) is 0 Å². The smallest absolute Gasteiger partial charge is 0.179 e. The Kier molecular flexibility index (Phi) is 4.64. The summed E-state index contributed by atoms with van der Waals surface area (Å²) in [6.45, 7) is 7.52. The number of hydrogen-bond donors (Lipinski definition) is 0. The molecule has 0 radical (unpaired) electrons. The molecule has 1 saturated heterocycles. The van der Waals surface area contributed by atoms with Crippen LogP contribution in [0.3, 0.4) is 0 Å². The van der Waals surface area contributed by atoms with Gasteiger partial charge in [-0.1, -0.05) is 18.5 Å². The third-order valence-corrected chi connectivity index (χ3v) is 4.42. The molecule has 1 aliphatic heterocycles. The number of carbonyl (C=O) groups excluding carboxylic acids is 1. The van der Waals surface area contributed by atoms with Gasteiger partial charge in [-0.15, -0.1) is 0 Å². The van der Waals surface area contributed by atoms with Crippen LogP contribution in [0.2, 0.25) is 5.02 Å². The summed E-state index contributed by atoms with van der Waals surface area (Å²) in [5, 5.41) is 0.671. The van der Waals surface area contributed by atoms with Crippen molar-refractivity contribution < 1.29 is 4.79 Å². The van der Waals surface area contributed by atoms with E-state index in [2.05, 4.69) is 18.7 Å². The van der Waals surface area contributed by atoms with E-state index in [4.69, 9.17) is 11.6 Å². The van der Waals surface area contributed by atoms with Crippen LogP contribution in [0.1, 0.15) is 44.0 Å². The van der Waals surface area contributed by atoms with Crippen molar-refractivity contribution in [2.24, 2.45) is 5.92 Å². The number of carbonyl (C=O) groups is 1. The molecule has 1 aliphatic rings. The molecule has 2 rings (SSSR count). The number of ketones is 1. The molecule has 0 N–H and O–H groups in total. The fourth-order valence-corrected chi connectivity index (χ4v) is 2.99. The molecule has 19 heavy (non-hydrogen) atoms. The van der Waals surface area contributed by atoms with Gasteiger partial charge in [0, 0.05) is 23.2 Å². The van der Waals surface area contributed by atoms with Crippen LogP contribution in [0.15, 0.2) is 24.3 Å². The molecule has 3 heteroatoms. The summed E-state index contributed by atoms with van der Waals surface area (Å²) >= 11 is 5.87. The van der Waals surface area contributed by atoms with Crippen molar-refractivity contribution in [2.45, 2.75) is 45.7 Å². The third kappa shape index (κ3) is 3.37. The van der Waals surface area contributed by atoms with E-state index in [1.165, 1.54) is 12.8 Å². The minimum absolute atomic E-state index is 0.0566. The summed E-state index contributed by atoms with van der Waals surface area (Å²) in [5.74, 6) is 0.870. The van der Waals surface area contributed by atoms with Crippen molar-refractivity contribution in [3.63, 3.8) is 0 Å². The third-order valence-electron chi connectivity index (χ3n) is 4.17. The van der Waals surface area contributed by atoms with Crippen LogP contribution in [0.25, 0.3) is 0 Å². The van der Waals surface area contributed by atoms with Gasteiger partial charge in [-0.3, -0.25) is 9.69 Å². The highest BCUT2D eigenvalue weighted by Gasteiger charge is 2.30. The molecule has 1 fully saturated rings. The summed E-state index contributed by atoms with van der Waals surface area (Å²) in [4.78, 5) is 14.9. The largest absolute Gasteiger partial charge is 0.292 e. The van der Waals surface area contributed by atoms with Crippen LogP contribution >= 0.6 is 11.6 Å². The fourth-order valence-electron chi connectivity index (χ4n) is 2.87. The lowest BCUT2D eigenvalue weighted by molar-refractivity contribution is 0.0608. The summed E-state index contributed by atoms with van der Waals surface area (Å²) in [6, 6.07) is 7.63. The van der Waals surface area contributed by atoms with E-state index < -0.39 is 0 Å². The van der Waals surface area contributed by atoms with Gasteiger partial charge >= 0.3 is 0 Å². The van der Waals surface area contributed by atoms with E-state index in [-0.39, 0.29) is 11.8 Å². The molecule has 0 saturated carbocycles. The van der Waals surface area contributed by atoms with E-state index in [9.17, 15) is 4.79 Å². The lowest BCUT2D eigenvalue weighted by atomic mass is 9.92. The Morgan fingerprint density at radius 2 is 1.89 bits per heavy atom. The Bertz CT molecular complexity index is 443. The zero-order valence-electron chi connectivity index (χ0n) is 11.9. The molecule has 0 spiro atoms. The molecule has 3 unspecified atom stereocenters. The maximum Gasteiger partial charge on any atom is 0.179 e. The van der Waals surface area contributed by atoms with Crippen LogP contribution in [-0.4, -0.2) is 29.3 Å². The number of halogens is 1. The molecule has 3 atom stereocenters. The molecule has 1 aromatic rings. The van der Waals surface area contributed by atoms with E-state index in [0.717, 1.165) is 12.1 Å². The van der Waals surface area contributed by atoms with Crippen LogP contribution in [-0.2, 0) is 0 Å². The quantitative estimate of drug-likeness (QED) is 0.779. The molecule has 0 aliphatic carbocycles. The van der Waals surface area contributed by atoms with E-state index in [1.54, 1.807) is 12.1 Å². The normalized spacial score (nSPS) is 26.1. The number of rotatable bonds is 3. The first-order valence-corrected chi connectivity index (χ1v) is 7.42. The van der Waals surface area contributed by atoms with Crippen molar-refractivity contribution in [1.29, 1.82) is 0 Å². The minimum Gasteiger partial charge on any atom is -0.292 e. The van der Waals surface area contributed by atoms with Crippen molar-refractivity contribution in [2.75, 3.05) is 6.54 Å². The van der Waals surface area contributed by atoms with Crippen LogP contribution in [0.5, 0.6) is 0 Å². The highest BCUT2D eigenvalue weighted by Crippen LogP contribution is 2.25. The minimum atomic E-state index is -0.0566. The number of benzene rings is 1. The summed E-state index contributed by atoms with van der Waals surface area (Å²) < 4.78 is 0. The van der Waals surface area contributed by atoms with Crippen molar-refractivity contribution in [3.05, 3.63) is 34.9 Å². The van der Waals surface area contributed by atoms with Gasteiger partial charge < -0.3 is 0 Å². The number of likely N-dealkylation sites (tertiary alicyclic amines) is 1. The van der Waals surface area contributed by atoms with Gasteiger partial charge in [0.25, 0.3) is 0 Å². The Labute approximate surface area is 120 Å². The average Bonchev–Trinajstić information content (AvgIpc) is 2.41. The standard InChI is InChI=1S/C16H22ClNO/c1-11-4-5-12(2)18(10-11)13(3)16(19)14-6-8-15(17)9-7-14/h6-9,11-13H,4-5,10H2,1-3H3. The topological polar surface area (TPSA) is 20.3 Å². The van der Waals surface area contributed by atoms with Crippen LogP contribution < -0.4 is 0 Å². The zero-order chi connectivity index (χ0) is 14.0. The van der Waals surface area contributed by atoms with Gasteiger partial charge in [0.2, 0.25) is 0 Å². The first-order valence-electron chi connectivity index (χ1n) is 7.04. The lowest BCUT2D eigenvalue weighted by Crippen LogP contribution is -2.49. The predicted molar refractivity (Wildman–Crippen MR) is 79.8 cm³/mol. The van der Waals surface area contributed by atoms with Gasteiger partial charge in [0.15, 0.2) is 5.78 Å². The molecule has 1 aromatic carbocycles. The summed E-state index contributed by atoms with van der Waals surface area (Å²) in [7, 11) is 0. The molecule has 104 valence electrons. The van der Waals surface area contributed by atoms with E-state index in [0.29, 0.717) is 17.0 Å². The first kappa shape index (κ1) is 14.5. The van der Waals surface area contributed by atoms with Crippen molar-refractivity contribution in [1.82, 2.24) is 4.90 Å². The average molecular weight is 280 g/mol. The molecular formula is C16H22ClNO. The molecule has 2 nitrogen and oxygen atoms in total.